The average Bonchev–Trinajstić information content (AvgIpc) is 3.18. The van der Waals surface area contributed by atoms with Gasteiger partial charge in [-0.25, -0.2) is 4.39 Å². The maximum Gasteiger partial charge on any atom is 0.253 e. The van der Waals surface area contributed by atoms with Gasteiger partial charge in [0.2, 0.25) is 0 Å². The number of allylic oxidation sites excluding steroid dienone is 2. The average molecular weight is 401 g/mol. The number of nitrogens with zero attached hydrogens (tertiary/aromatic N) is 3. The van der Waals surface area contributed by atoms with Crippen LogP contribution in [-0.4, -0.2) is 66.7 Å². The fraction of sp³-hybridized carbons (Fsp3) is 0.381. The van der Waals surface area contributed by atoms with Crippen LogP contribution in [0.5, 0.6) is 5.75 Å². The Kier molecular flexibility index (Phi) is 5.26. The lowest BCUT2D eigenvalue weighted by atomic mass is 10.0. The molecule has 0 saturated carbocycles. The quantitative estimate of drug-likeness (QED) is 0.727. The molecule has 1 fully saturated rings. The van der Waals surface area contributed by atoms with E-state index in [-0.39, 0.29) is 17.4 Å². The molecule has 1 aromatic rings. The van der Waals surface area contributed by atoms with Crippen molar-refractivity contribution >= 4 is 20.1 Å². The Morgan fingerprint density at radius 2 is 2.14 bits per heavy atom. The molecule has 7 heteroatoms. The van der Waals surface area contributed by atoms with Crippen molar-refractivity contribution in [1.82, 2.24) is 14.7 Å². The molecule has 28 heavy (non-hydrogen) atoms. The molecule has 1 saturated heterocycles. The number of rotatable bonds is 4. The molecule has 3 aliphatic rings. The van der Waals surface area contributed by atoms with E-state index in [1.54, 1.807) is 17.0 Å². The summed E-state index contributed by atoms with van der Waals surface area (Å²) in [5.41, 5.74) is 2.70. The second kappa shape index (κ2) is 7.69. The van der Waals surface area contributed by atoms with E-state index < -0.39 is 5.82 Å². The van der Waals surface area contributed by atoms with Crippen LogP contribution in [0.3, 0.4) is 0 Å². The minimum Gasteiger partial charge on any atom is -0.494 e. The Balaban J connectivity index is 1.53. The maximum atomic E-state index is 14.1. The smallest absolute Gasteiger partial charge is 0.253 e. The van der Waals surface area contributed by atoms with Gasteiger partial charge in [-0.15, -0.1) is 0 Å². The zero-order valence-corrected chi connectivity index (χ0v) is 17.4. The number of halogens is 1. The predicted molar refractivity (Wildman–Crippen MR) is 111 cm³/mol. The van der Waals surface area contributed by atoms with Crippen molar-refractivity contribution in [2.45, 2.75) is 18.2 Å². The Morgan fingerprint density at radius 1 is 1.32 bits per heavy atom. The van der Waals surface area contributed by atoms with Crippen LogP contribution in [0.15, 0.2) is 48.1 Å². The minimum atomic E-state index is -0.407. The summed E-state index contributed by atoms with van der Waals surface area (Å²) in [5, 5.41) is 0. The second-order valence-electron chi connectivity index (χ2n) is 7.51. The highest BCUT2D eigenvalue weighted by atomic mass is 31.1. The lowest BCUT2D eigenvalue weighted by Crippen LogP contribution is -2.38. The molecule has 5 nitrogen and oxygen atoms in total. The molecule has 0 spiro atoms. The van der Waals surface area contributed by atoms with Gasteiger partial charge in [0.15, 0.2) is 11.6 Å². The van der Waals surface area contributed by atoms with Crippen LogP contribution in [-0.2, 0) is 4.79 Å². The third-order valence-corrected chi connectivity index (χ3v) is 7.09. The van der Waals surface area contributed by atoms with Crippen LogP contribution < -0.4 is 4.74 Å². The predicted octanol–water partition coefficient (Wildman–Crippen LogP) is 3.07. The number of fused-ring (bicyclic) bond motifs is 1. The molecule has 0 aliphatic carbocycles. The number of likely N-dealkylation sites (N-methyl/N-ethyl adjacent to an activating group) is 1. The zero-order chi connectivity index (χ0) is 19.8. The van der Waals surface area contributed by atoms with Crippen LogP contribution in [0, 0.1) is 5.82 Å². The van der Waals surface area contributed by atoms with Gasteiger partial charge in [0, 0.05) is 36.8 Å². The molecular weight excluding hydrogens is 376 g/mol. The molecule has 2 unspecified atom stereocenters. The van der Waals surface area contributed by atoms with E-state index in [1.165, 1.54) is 13.2 Å². The summed E-state index contributed by atoms with van der Waals surface area (Å²) >= 11 is 0. The number of ether oxygens (including phenoxy) is 1. The summed E-state index contributed by atoms with van der Waals surface area (Å²) in [7, 11) is 6.18. The highest BCUT2D eigenvalue weighted by Crippen LogP contribution is 2.43. The number of carbonyl (C=O) groups excluding carboxylic acids is 1. The van der Waals surface area contributed by atoms with Crippen molar-refractivity contribution in [1.29, 1.82) is 0 Å². The van der Waals surface area contributed by atoms with Gasteiger partial charge in [-0.3, -0.25) is 4.79 Å². The molecule has 4 rings (SSSR count). The normalized spacial score (nSPS) is 25.2. The number of likely N-dealkylation sites (tertiary alicyclic amines) is 1. The van der Waals surface area contributed by atoms with E-state index in [1.807, 2.05) is 18.3 Å². The van der Waals surface area contributed by atoms with E-state index >= 15 is 0 Å². The first kappa shape index (κ1) is 19.2. The van der Waals surface area contributed by atoms with Crippen LogP contribution in [0.4, 0.5) is 4.39 Å². The van der Waals surface area contributed by atoms with Crippen molar-refractivity contribution in [2.24, 2.45) is 0 Å². The van der Waals surface area contributed by atoms with E-state index in [0.29, 0.717) is 14.6 Å². The number of amides is 1. The van der Waals surface area contributed by atoms with Gasteiger partial charge in [-0.2, -0.15) is 0 Å². The molecule has 3 heterocycles. The number of hydrogen-bond acceptors (Lipinski definition) is 4. The second-order valence-corrected chi connectivity index (χ2v) is 8.90. The Hall–Kier alpha value is -2.17. The number of methoxy groups -OCH3 is 1. The summed E-state index contributed by atoms with van der Waals surface area (Å²) in [4.78, 5) is 19.2. The molecule has 3 aliphatic heterocycles. The number of hydrogen-bond donors (Lipinski definition) is 0. The summed E-state index contributed by atoms with van der Waals surface area (Å²) in [6.07, 6.45) is 8.77. The SMILES string of the molecule is COc1ccc(C2=CN3C(=O)C=C(N4CC[C@H](N(C)C)C4)PC3C=C2)cc1F. The third kappa shape index (κ3) is 3.59. The van der Waals surface area contributed by atoms with Gasteiger partial charge in [0.05, 0.1) is 12.9 Å². The standard InChI is InChI=1S/C21H25FN3O2P/c1-23(2)16-8-9-24(13-16)21-11-19(26)25-12-15(5-7-20(25)28-21)14-4-6-18(27-3)17(22)10-14/h4-7,10-12,16,20,28H,8-9,13H2,1-3H3/t16-,20?/m0/s1. The molecule has 0 aromatic heterocycles. The lowest BCUT2D eigenvalue weighted by molar-refractivity contribution is -0.123. The van der Waals surface area contributed by atoms with Gasteiger partial charge in [-0.05, 0) is 52.4 Å². The van der Waals surface area contributed by atoms with Gasteiger partial charge in [-0.1, -0.05) is 18.2 Å². The van der Waals surface area contributed by atoms with Crippen molar-refractivity contribution in [3.63, 3.8) is 0 Å². The van der Waals surface area contributed by atoms with Gasteiger partial charge in [0.1, 0.15) is 0 Å². The minimum absolute atomic E-state index is 0.0112. The van der Waals surface area contributed by atoms with Gasteiger partial charge < -0.3 is 19.4 Å². The van der Waals surface area contributed by atoms with Crippen molar-refractivity contribution in [3.8, 4) is 5.75 Å². The first-order valence-electron chi connectivity index (χ1n) is 9.42. The van der Waals surface area contributed by atoms with E-state index in [2.05, 4.69) is 30.0 Å². The lowest BCUT2D eigenvalue weighted by Gasteiger charge is -2.36. The van der Waals surface area contributed by atoms with Crippen LogP contribution in [0.1, 0.15) is 12.0 Å². The summed E-state index contributed by atoms with van der Waals surface area (Å²) in [5.74, 6) is -0.165. The van der Waals surface area contributed by atoms with Crippen molar-refractivity contribution < 1.29 is 13.9 Å². The highest BCUT2D eigenvalue weighted by molar-refractivity contribution is 7.44. The first-order valence-corrected chi connectivity index (χ1v) is 10.5. The van der Waals surface area contributed by atoms with E-state index in [9.17, 15) is 9.18 Å². The van der Waals surface area contributed by atoms with Gasteiger partial charge >= 0.3 is 0 Å². The summed E-state index contributed by atoms with van der Waals surface area (Å²) < 4.78 is 19.0. The molecule has 0 radical (unpaired) electrons. The fourth-order valence-corrected chi connectivity index (χ4v) is 5.27. The molecule has 3 atom stereocenters. The molecular formula is C21H25FN3O2P. The molecule has 148 valence electrons. The Morgan fingerprint density at radius 3 is 2.82 bits per heavy atom. The highest BCUT2D eigenvalue weighted by Gasteiger charge is 2.33. The van der Waals surface area contributed by atoms with Crippen LogP contribution in [0.2, 0.25) is 0 Å². The Bertz CT molecular complexity index is 880. The van der Waals surface area contributed by atoms with Gasteiger partial charge in [0.25, 0.3) is 5.91 Å². The molecule has 1 aromatic carbocycles. The van der Waals surface area contributed by atoms with E-state index in [0.717, 1.165) is 36.1 Å². The molecule has 0 bridgehead atoms. The molecule has 0 N–H and O–H groups in total. The van der Waals surface area contributed by atoms with Crippen molar-refractivity contribution in [2.75, 3.05) is 34.3 Å². The van der Waals surface area contributed by atoms with E-state index in [4.69, 9.17) is 4.74 Å². The molecule has 1 amide bonds. The summed E-state index contributed by atoms with van der Waals surface area (Å²) in [6, 6.07) is 5.40. The Labute approximate surface area is 166 Å². The monoisotopic (exact) mass is 401 g/mol. The zero-order valence-electron chi connectivity index (χ0n) is 16.4. The number of carbonyl (C=O) groups is 1. The maximum absolute atomic E-state index is 14.1. The first-order chi connectivity index (χ1) is 13.5. The van der Waals surface area contributed by atoms with Crippen molar-refractivity contribution in [3.05, 3.63) is 59.4 Å². The number of benzene rings is 1. The van der Waals surface area contributed by atoms with Crippen LogP contribution in [0.25, 0.3) is 5.57 Å². The fourth-order valence-electron chi connectivity index (χ4n) is 3.85. The largest absolute Gasteiger partial charge is 0.494 e. The van der Waals surface area contributed by atoms with Crippen LogP contribution >= 0.6 is 8.58 Å². The summed E-state index contributed by atoms with van der Waals surface area (Å²) in [6.45, 7) is 1.97. The topological polar surface area (TPSA) is 36.0 Å². The third-order valence-electron chi connectivity index (χ3n) is 5.57.